The first-order valence-corrected chi connectivity index (χ1v) is 10.6. The van der Waals surface area contributed by atoms with Crippen LogP contribution in [0.5, 0.6) is 0 Å². The van der Waals surface area contributed by atoms with E-state index in [0.717, 1.165) is 28.1 Å². The van der Waals surface area contributed by atoms with E-state index in [1.54, 1.807) is 42.9 Å². The second kappa shape index (κ2) is 10.4. The van der Waals surface area contributed by atoms with Gasteiger partial charge in [0, 0.05) is 48.0 Å². The minimum atomic E-state index is -0.347. The number of ether oxygens (including phenoxy) is 1. The summed E-state index contributed by atoms with van der Waals surface area (Å²) in [5, 5.41) is 6.14. The summed E-state index contributed by atoms with van der Waals surface area (Å²) in [5.74, 6) is -0.153. The minimum absolute atomic E-state index is 0.175. The lowest BCUT2D eigenvalue weighted by atomic mass is 10.1. The van der Waals surface area contributed by atoms with Gasteiger partial charge in [-0.25, -0.2) is 9.97 Å². The summed E-state index contributed by atoms with van der Waals surface area (Å²) in [5.41, 5.74) is 5.33. The van der Waals surface area contributed by atoms with Gasteiger partial charge in [0.2, 0.25) is 5.95 Å². The fourth-order valence-corrected chi connectivity index (χ4v) is 3.19. The second-order valence-corrected chi connectivity index (χ2v) is 7.59. The van der Waals surface area contributed by atoms with E-state index in [1.165, 1.54) is 6.92 Å². The number of esters is 1. The van der Waals surface area contributed by atoms with Crippen molar-refractivity contribution in [3.05, 3.63) is 95.9 Å². The molecule has 2 aromatic heterocycles. The van der Waals surface area contributed by atoms with Crippen LogP contribution in [-0.4, -0.2) is 26.8 Å². The highest BCUT2D eigenvalue weighted by Crippen LogP contribution is 2.24. The van der Waals surface area contributed by atoms with Crippen molar-refractivity contribution >= 4 is 29.2 Å². The zero-order valence-electron chi connectivity index (χ0n) is 18.8. The van der Waals surface area contributed by atoms with Crippen LogP contribution in [0.1, 0.15) is 28.4 Å². The maximum Gasteiger partial charge on any atom is 0.302 e. The number of carbonyl (C=O) groups excluding carboxylic acids is 2. The van der Waals surface area contributed by atoms with Gasteiger partial charge < -0.3 is 15.4 Å². The molecule has 0 aliphatic carbocycles. The van der Waals surface area contributed by atoms with Crippen LogP contribution in [0.4, 0.5) is 17.3 Å². The molecule has 0 fully saturated rings. The average Bonchev–Trinajstić information content (AvgIpc) is 2.86. The Kier molecular flexibility index (Phi) is 6.88. The Balaban J connectivity index is 1.46. The topological polar surface area (TPSA) is 106 Å². The van der Waals surface area contributed by atoms with Crippen molar-refractivity contribution in [2.45, 2.75) is 20.5 Å². The number of amides is 1. The molecule has 0 saturated heterocycles. The van der Waals surface area contributed by atoms with Crippen LogP contribution in [0.25, 0.3) is 11.3 Å². The molecule has 0 atom stereocenters. The molecule has 8 nitrogen and oxygen atoms in total. The third-order valence-corrected chi connectivity index (χ3v) is 5.01. The SMILES string of the molecule is CC(=O)OCc1ccc(C(=O)Nc2ccc(C)c(Nc3nccc(-c4cccnc4)n3)c2)cc1. The van der Waals surface area contributed by atoms with E-state index in [-0.39, 0.29) is 18.5 Å². The number of hydrogen-bond donors (Lipinski definition) is 2. The van der Waals surface area contributed by atoms with Gasteiger partial charge in [-0.1, -0.05) is 18.2 Å². The van der Waals surface area contributed by atoms with E-state index >= 15 is 0 Å². The van der Waals surface area contributed by atoms with E-state index in [4.69, 9.17) is 4.74 Å². The van der Waals surface area contributed by atoms with Crippen LogP contribution in [0.2, 0.25) is 0 Å². The molecular weight excluding hydrogens is 430 g/mol. The van der Waals surface area contributed by atoms with Crippen LogP contribution >= 0.6 is 0 Å². The number of anilines is 3. The summed E-state index contributed by atoms with van der Waals surface area (Å²) in [4.78, 5) is 36.7. The van der Waals surface area contributed by atoms with E-state index in [0.29, 0.717) is 17.2 Å². The number of pyridine rings is 1. The van der Waals surface area contributed by atoms with Crippen molar-refractivity contribution in [1.82, 2.24) is 15.0 Å². The highest BCUT2D eigenvalue weighted by molar-refractivity contribution is 6.04. The standard InChI is InChI=1S/C26H23N5O3/c1-17-5-10-22(29-25(33)20-8-6-19(7-9-20)16-34-18(2)32)14-24(17)31-26-28-13-11-23(30-26)21-4-3-12-27-15-21/h3-15H,16H2,1-2H3,(H,29,33)(H,28,30,31). The van der Waals surface area contributed by atoms with E-state index in [2.05, 4.69) is 25.6 Å². The van der Waals surface area contributed by atoms with Crippen LogP contribution in [-0.2, 0) is 16.1 Å². The fraction of sp³-hybridized carbons (Fsp3) is 0.115. The molecule has 2 N–H and O–H groups in total. The Bertz CT molecular complexity index is 1310. The number of hydrogen-bond acceptors (Lipinski definition) is 7. The first-order valence-electron chi connectivity index (χ1n) is 10.6. The van der Waals surface area contributed by atoms with Gasteiger partial charge in [0.05, 0.1) is 5.69 Å². The zero-order chi connectivity index (χ0) is 23.9. The predicted molar refractivity (Wildman–Crippen MR) is 130 cm³/mol. The normalized spacial score (nSPS) is 10.4. The molecule has 4 rings (SSSR count). The third kappa shape index (κ3) is 5.80. The molecule has 34 heavy (non-hydrogen) atoms. The Morgan fingerprint density at radius 3 is 2.56 bits per heavy atom. The first-order chi connectivity index (χ1) is 16.5. The molecule has 0 bridgehead atoms. The van der Waals surface area contributed by atoms with Gasteiger partial charge in [0.25, 0.3) is 5.91 Å². The van der Waals surface area contributed by atoms with Gasteiger partial charge in [-0.05, 0) is 60.5 Å². The molecule has 0 spiro atoms. The Hall–Kier alpha value is -4.59. The summed E-state index contributed by atoms with van der Waals surface area (Å²) in [6.45, 7) is 3.49. The Labute approximate surface area is 197 Å². The lowest BCUT2D eigenvalue weighted by molar-refractivity contribution is -0.142. The van der Waals surface area contributed by atoms with Crippen LogP contribution in [0.15, 0.2) is 79.3 Å². The van der Waals surface area contributed by atoms with E-state index in [1.807, 2.05) is 43.3 Å². The van der Waals surface area contributed by atoms with Crippen molar-refractivity contribution in [2.75, 3.05) is 10.6 Å². The maximum absolute atomic E-state index is 12.7. The van der Waals surface area contributed by atoms with Gasteiger partial charge in [-0.3, -0.25) is 14.6 Å². The van der Waals surface area contributed by atoms with Gasteiger partial charge in [0.1, 0.15) is 6.61 Å². The molecule has 170 valence electrons. The van der Waals surface area contributed by atoms with Crippen molar-refractivity contribution < 1.29 is 14.3 Å². The molecular formula is C26H23N5O3. The summed E-state index contributed by atoms with van der Waals surface area (Å²) in [6.07, 6.45) is 5.14. The number of carbonyl (C=O) groups is 2. The van der Waals surface area contributed by atoms with Crippen molar-refractivity contribution in [2.24, 2.45) is 0 Å². The summed E-state index contributed by atoms with van der Waals surface area (Å²) >= 11 is 0. The molecule has 0 radical (unpaired) electrons. The van der Waals surface area contributed by atoms with Gasteiger partial charge in [0.15, 0.2) is 0 Å². The van der Waals surface area contributed by atoms with Crippen molar-refractivity contribution in [1.29, 1.82) is 0 Å². The molecule has 0 aliphatic rings. The number of aromatic nitrogens is 3. The number of rotatable bonds is 7. The Morgan fingerprint density at radius 1 is 1.00 bits per heavy atom. The van der Waals surface area contributed by atoms with E-state index in [9.17, 15) is 9.59 Å². The second-order valence-electron chi connectivity index (χ2n) is 7.59. The lowest BCUT2D eigenvalue weighted by Gasteiger charge is -2.12. The number of aryl methyl sites for hydroxylation is 1. The number of nitrogens with zero attached hydrogens (tertiary/aromatic N) is 3. The molecule has 0 aliphatic heterocycles. The molecule has 0 unspecified atom stereocenters. The zero-order valence-corrected chi connectivity index (χ0v) is 18.8. The van der Waals surface area contributed by atoms with Gasteiger partial charge in [-0.15, -0.1) is 0 Å². The maximum atomic E-state index is 12.7. The summed E-state index contributed by atoms with van der Waals surface area (Å²) < 4.78 is 4.97. The quantitative estimate of drug-likeness (QED) is 0.383. The van der Waals surface area contributed by atoms with Crippen LogP contribution in [0, 0.1) is 6.92 Å². The first kappa shape index (κ1) is 22.6. The van der Waals surface area contributed by atoms with Gasteiger partial charge >= 0.3 is 5.97 Å². The van der Waals surface area contributed by atoms with E-state index < -0.39 is 0 Å². The molecule has 4 aromatic rings. The van der Waals surface area contributed by atoms with Crippen molar-refractivity contribution in [3.63, 3.8) is 0 Å². The molecule has 2 aromatic carbocycles. The minimum Gasteiger partial charge on any atom is -0.461 e. The third-order valence-electron chi connectivity index (χ3n) is 5.01. The molecule has 0 saturated carbocycles. The smallest absolute Gasteiger partial charge is 0.302 e. The monoisotopic (exact) mass is 453 g/mol. The Morgan fingerprint density at radius 2 is 1.82 bits per heavy atom. The molecule has 2 heterocycles. The highest BCUT2D eigenvalue weighted by atomic mass is 16.5. The lowest BCUT2D eigenvalue weighted by Crippen LogP contribution is -2.12. The summed E-state index contributed by atoms with van der Waals surface area (Å²) in [6, 6.07) is 18.1. The van der Waals surface area contributed by atoms with Gasteiger partial charge in [-0.2, -0.15) is 0 Å². The highest BCUT2D eigenvalue weighted by Gasteiger charge is 2.10. The number of benzene rings is 2. The average molecular weight is 454 g/mol. The van der Waals surface area contributed by atoms with Crippen LogP contribution in [0.3, 0.4) is 0 Å². The summed E-state index contributed by atoms with van der Waals surface area (Å²) in [7, 11) is 0. The molecule has 8 heteroatoms. The number of nitrogens with one attached hydrogen (secondary N) is 2. The molecule has 1 amide bonds. The van der Waals surface area contributed by atoms with Crippen molar-refractivity contribution in [3.8, 4) is 11.3 Å². The predicted octanol–water partition coefficient (Wildman–Crippen LogP) is 4.91. The largest absolute Gasteiger partial charge is 0.461 e. The fourth-order valence-electron chi connectivity index (χ4n) is 3.19. The van der Waals surface area contributed by atoms with Crippen LogP contribution < -0.4 is 10.6 Å².